The number of nitrogens with one attached hydrogen (secondary N) is 3. The SMILES string of the molecule is C[C@@H](NC(=O)c1ccc(NC(=O)Nc2ccc(-c3nc(N4CCOCC4)nc(N4CCOCC4)n3)cc2)cc1)C(N)=O. The molecule has 42 heavy (non-hydrogen) atoms. The Morgan fingerprint density at radius 1 is 0.762 bits per heavy atom. The van der Waals surface area contributed by atoms with Crippen molar-refractivity contribution in [1.29, 1.82) is 0 Å². The van der Waals surface area contributed by atoms with Crippen LogP contribution in [0.4, 0.5) is 28.1 Å². The number of carbonyl (C=O) groups is 3. The van der Waals surface area contributed by atoms with Crippen LogP contribution in [0.2, 0.25) is 0 Å². The number of hydrogen-bond acceptors (Lipinski definition) is 10. The molecule has 3 aromatic rings. The Bertz CT molecular complexity index is 1370. The fourth-order valence-electron chi connectivity index (χ4n) is 4.34. The normalized spacial score (nSPS) is 15.9. The summed E-state index contributed by atoms with van der Waals surface area (Å²) in [4.78, 5) is 54.4. The summed E-state index contributed by atoms with van der Waals surface area (Å²) >= 11 is 0. The number of nitrogens with two attached hydrogens (primary N) is 1. The van der Waals surface area contributed by atoms with Crippen molar-refractivity contribution in [1.82, 2.24) is 20.3 Å². The van der Waals surface area contributed by atoms with Crippen LogP contribution in [-0.4, -0.2) is 91.4 Å². The molecule has 1 atom stereocenters. The number of aromatic nitrogens is 3. The van der Waals surface area contributed by atoms with Crippen LogP contribution in [0.5, 0.6) is 0 Å². The summed E-state index contributed by atoms with van der Waals surface area (Å²) in [7, 11) is 0. The highest BCUT2D eigenvalue weighted by Crippen LogP contribution is 2.24. The topological polar surface area (TPSA) is 177 Å². The third-order valence-electron chi connectivity index (χ3n) is 6.78. The lowest BCUT2D eigenvalue weighted by molar-refractivity contribution is -0.119. The van der Waals surface area contributed by atoms with Crippen LogP contribution in [-0.2, 0) is 14.3 Å². The Labute approximate surface area is 242 Å². The Morgan fingerprint density at radius 3 is 1.71 bits per heavy atom. The van der Waals surface area contributed by atoms with Crippen molar-refractivity contribution in [2.45, 2.75) is 13.0 Å². The molecule has 0 radical (unpaired) electrons. The minimum Gasteiger partial charge on any atom is -0.378 e. The van der Waals surface area contributed by atoms with E-state index >= 15 is 0 Å². The zero-order valence-corrected chi connectivity index (χ0v) is 23.2. The van der Waals surface area contributed by atoms with Crippen molar-refractivity contribution < 1.29 is 23.9 Å². The number of primary amides is 1. The standard InChI is InChI=1S/C28H33N9O5/c1-18(23(29)38)30-25(39)20-4-8-22(9-5-20)32-28(40)31-21-6-2-19(3-7-21)24-33-26(36-10-14-41-15-11-36)35-27(34-24)37-12-16-42-17-13-37/h2-9,18H,10-17H2,1H3,(H2,29,38)(H,30,39)(H2,31,32,40)/t18-/m1/s1. The van der Waals surface area contributed by atoms with Crippen molar-refractivity contribution in [2.75, 3.05) is 73.0 Å². The molecule has 3 heterocycles. The maximum atomic E-state index is 12.6. The van der Waals surface area contributed by atoms with E-state index in [4.69, 9.17) is 30.2 Å². The monoisotopic (exact) mass is 575 g/mol. The van der Waals surface area contributed by atoms with Crippen molar-refractivity contribution in [3.63, 3.8) is 0 Å². The lowest BCUT2D eigenvalue weighted by atomic mass is 10.2. The molecule has 1 aromatic heterocycles. The maximum absolute atomic E-state index is 12.6. The number of carbonyl (C=O) groups excluding carboxylic acids is 3. The molecule has 14 heteroatoms. The highest BCUT2D eigenvalue weighted by Gasteiger charge is 2.21. The molecule has 0 saturated carbocycles. The summed E-state index contributed by atoms with van der Waals surface area (Å²) < 4.78 is 11.0. The number of rotatable bonds is 8. The number of benzene rings is 2. The van der Waals surface area contributed by atoms with E-state index in [0.717, 1.165) is 5.56 Å². The van der Waals surface area contributed by atoms with Gasteiger partial charge in [0.2, 0.25) is 17.8 Å². The molecule has 0 aliphatic carbocycles. The molecular weight excluding hydrogens is 542 g/mol. The first kappa shape index (κ1) is 28.7. The second-order valence-corrected chi connectivity index (χ2v) is 9.79. The highest BCUT2D eigenvalue weighted by atomic mass is 16.5. The lowest BCUT2D eigenvalue weighted by Gasteiger charge is -2.30. The first-order chi connectivity index (χ1) is 20.4. The van der Waals surface area contributed by atoms with E-state index in [1.54, 1.807) is 36.4 Å². The van der Waals surface area contributed by atoms with Gasteiger partial charge in [-0.15, -0.1) is 0 Å². The second-order valence-electron chi connectivity index (χ2n) is 9.79. The number of morpholine rings is 2. The number of anilines is 4. The van der Waals surface area contributed by atoms with E-state index in [1.165, 1.54) is 6.92 Å². The van der Waals surface area contributed by atoms with E-state index in [-0.39, 0.29) is 0 Å². The molecule has 2 aromatic carbocycles. The lowest BCUT2D eigenvalue weighted by Crippen LogP contribution is -2.42. The molecule has 2 fully saturated rings. The minimum absolute atomic E-state index is 0.330. The molecule has 14 nitrogen and oxygen atoms in total. The average Bonchev–Trinajstić information content (AvgIpc) is 3.02. The fraction of sp³-hybridized carbons (Fsp3) is 0.357. The number of ether oxygens (including phenoxy) is 2. The summed E-state index contributed by atoms with van der Waals surface area (Å²) in [6, 6.07) is 12.2. The van der Waals surface area contributed by atoms with E-state index in [2.05, 4.69) is 25.8 Å². The summed E-state index contributed by atoms with van der Waals surface area (Å²) in [5.41, 5.74) is 7.36. The molecule has 2 aliphatic heterocycles. The van der Waals surface area contributed by atoms with Crippen LogP contribution >= 0.6 is 0 Å². The first-order valence-corrected chi connectivity index (χ1v) is 13.7. The smallest absolute Gasteiger partial charge is 0.323 e. The maximum Gasteiger partial charge on any atom is 0.323 e. The Hall–Kier alpha value is -4.82. The van der Waals surface area contributed by atoms with Crippen LogP contribution in [0.3, 0.4) is 0 Å². The zero-order valence-electron chi connectivity index (χ0n) is 23.2. The van der Waals surface area contributed by atoms with Gasteiger partial charge in [0.25, 0.3) is 5.91 Å². The summed E-state index contributed by atoms with van der Waals surface area (Å²) in [6.45, 7) is 6.78. The van der Waals surface area contributed by atoms with Gasteiger partial charge in [-0.05, 0) is 55.5 Å². The summed E-state index contributed by atoms with van der Waals surface area (Å²) in [6.07, 6.45) is 0. The third-order valence-corrected chi connectivity index (χ3v) is 6.78. The number of hydrogen-bond donors (Lipinski definition) is 4. The molecule has 2 saturated heterocycles. The summed E-state index contributed by atoms with van der Waals surface area (Å²) in [5, 5.41) is 8.03. The Balaban J connectivity index is 1.24. The molecule has 0 spiro atoms. The second kappa shape index (κ2) is 13.2. The molecular formula is C28H33N9O5. The summed E-state index contributed by atoms with van der Waals surface area (Å²) in [5.74, 6) is 0.688. The van der Waals surface area contributed by atoms with Gasteiger partial charge in [-0.2, -0.15) is 15.0 Å². The fourth-order valence-corrected chi connectivity index (χ4v) is 4.34. The first-order valence-electron chi connectivity index (χ1n) is 13.7. The van der Waals surface area contributed by atoms with Gasteiger partial charge in [-0.25, -0.2) is 4.79 Å². The largest absolute Gasteiger partial charge is 0.378 e. The van der Waals surface area contributed by atoms with Gasteiger partial charge in [-0.3, -0.25) is 9.59 Å². The van der Waals surface area contributed by atoms with E-state index in [9.17, 15) is 14.4 Å². The van der Waals surface area contributed by atoms with Gasteiger partial charge in [0.05, 0.1) is 26.4 Å². The average molecular weight is 576 g/mol. The van der Waals surface area contributed by atoms with E-state index in [0.29, 0.717) is 87.3 Å². The van der Waals surface area contributed by atoms with Crippen LogP contribution in [0, 0.1) is 0 Å². The Morgan fingerprint density at radius 2 is 1.24 bits per heavy atom. The molecule has 220 valence electrons. The van der Waals surface area contributed by atoms with Crippen LogP contribution < -0.4 is 31.5 Å². The quantitative estimate of drug-likeness (QED) is 0.307. The van der Waals surface area contributed by atoms with Gasteiger partial charge >= 0.3 is 6.03 Å². The van der Waals surface area contributed by atoms with E-state index in [1.807, 2.05) is 12.1 Å². The van der Waals surface area contributed by atoms with E-state index < -0.39 is 23.9 Å². The number of amides is 4. The number of nitrogens with zero attached hydrogens (tertiary/aromatic N) is 5. The highest BCUT2D eigenvalue weighted by molar-refractivity contribution is 6.01. The molecule has 0 unspecified atom stereocenters. The van der Waals surface area contributed by atoms with Crippen molar-refractivity contribution in [2.24, 2.45) is 5.73 Å². The molecule has 4 amide bonds. The van der Waals surface area contributed by atoms with Crippen molar-refractivity contribution in [3.05, 3.63) is 54.1 Å². The van der Waals surface area contributed by atoms with Crippen LogP contribution in [0.25, 0.3) is 11.4 Å². The van der Waals surface area contributed by atoms with Crippen LogP contribution in [0.1, 0.15) is 17.3 Å². The molecule has 5 rings (SSSR count). The van der Waals surface area contributed by atoms with Crippen LogP contribution in [0.15, 0.2) is 48.5 Å². The number of urea groups is 1. The molecule has 5 N–H and O–H groups in total. The van der Waals surface area contributed by atoms with Gasteiger partial charge in [0.1, 0.15) is 6.04 Å². The van der Waals surface area contributed by atoms with Gasteiger partial charge < -0.3 is 41.0 Å². The predicted molar refractivity (Wildman–Crippen MR) is 157 cm³/mol. The van der Waals surface area contributed by atoms with Crippen molar-refractivity contribution >= 4 is 41.1 Å². The Kier molecular flexibility index (Phi) is 9.04. The third kappa shape index (κ3) is 7.27. The van der Waals surface area contributed by atoms with Gasteiger partial charge in [0, 0.05) is 48.7 Å². The van der Waals surface area contributed by atoms with Crippen molar-refractivity contribution in [3.8, 4) is 11.4 Å². The van der Waals surface area contributed by atoms with Gasteiger partial charge in [-0.1, -0.05) is 0 Å². The predicted octanol–water partition coefficient (Wildman–Crippen LogP) is 1.46. The minimum atomic E-state index is -0.795. The van der Waals surface area contributed by atoms with Gasteiger partial charge in [0.15, 0.2) is 5.82 Å². The molecule has 2 aliphatic rings. The molecule has 0 bridgehead atoms. The zero-order chi connectivity index (χ0) is 29.5.